The van der Waals surface area contributed by atoms with E-state index in [0.29, 0.717) is 33.2 Å². The lowest BCUT2D eigenvalue weighted by atomic mass is 9.96. The Morgan fingerprint density at radius 1 is 0.474 bits per heavy atom. The van der Waals surface area contributed by atoms with E-state index in [2.05, 4.69) is 174 Å². The van der Waals surface area contributed by atoms with Crippen LogP contribution in [0.3, 0.4) is 0 Å². The van der Waals surface area contributed by atoms with Crippen LogP contribution in [0.4, 0.5) is 0 Å². The van der Waals surface area contributed by atoms with E-state index in [-0.39, 0.29) is 0 Å². The summed E-state index contributed by atoms with van der Waals surface area (Å²) >= 11 is 7.45. The zero-order chi connectivity index (χ0) is 29.0. The highest BCUT2D eigenvalue weighted by molar-refractivity contribution is 9.10. The molecule has 0 saturated heterocycles. The SMILES string of the molecule is CC(C)[Si](C#Cc1cc(Br)ccc1-c1ccc(Br)cc1C#C[Si](C(C)C)(C(C)C)C(C)C)(C(C)C)C(C)C. The van der Waals surface area contributed by atoms with E-state index in [0.717, 1.165) is 20.1 Å². The molecule has 0 aliphatic carbocycles. The molecule has 0 saturated carbocycles. The fourth-order valence-corrected chi connectivity index (χ4v) is 18.1. The largest absolute Gasteiger partial charge is 0.146 e. The predicted molar refractivity (Wildman–Crippen MR) is 183 cm³/mol. The highest BCUT2D eigenvalue weighted by Crippen LogP contribution is 2.42. The molecule has 0 radical (unpaired) electrons. The molecule has 0 aliphatic rings. The fourth-order valence-electron chi connectivity index (χ4n) is 6.93. The molecule has 0 fully saturated rings. The Morgan fingerprint density at radius 3 is 0.974 bits per heavy atom. The minimum Gasteiger partial charge on any atom is -0.125 e. The molecule has 0 amide bonds. The summed E-state index contributed by atoms with van der Waals surface area (Å²) < 4.78 is 2.12. The maximum Gasteiger partial charge on any atom is 0.146 e. The van der Waals surface area contributed by atoms with Crippen molar-refractivity contribution in [3.8, 4) is 34.1 Å². The van der Waals surface area contributed by atoms with Gasteiger partial charge in [-0.2, -0.15) is 0 Å². The van der Waals surface area contributed by atoms with Crippen LogP contribution in [-0.4, -0.2) is 16.1 Å². The Bertz CT molecular complexity index is 1090. The van der Waals surface area contributed by atoms with Gasteiger partial charge in [0.05, 0.1) is 0 Å². The first-order valence-corrected chi connectivity index (χ1v) is 20.3. The van der Waals surface area contributed by atoms with E-state index in [9.17, 15) is 0 Å². The molecule has 0 spiro atoms. The first kappa shape index (κ1) is 33.2. The zero-order valence-electron chi connectivity index (χ0n) is 25.7. The average molecular weight is 673 g/mol. The number of rotatable bonds is 7. The van der Waals surface area contributed by atoms with Crippen LogP contribution in [0.25, 0.3) is 11.1 Å². The van der Waals surface area contributed by atoms with Crippen molar-refractivity contribution in [2.45, 2.75) is 116 Å². The second-order valence-electron chi connectivity index (χ2n) is 12.7. The van der Waals surface area contributed by atoms with E-state index >= 15 is 0 Å². The summed E-state index contributed by atoms with van der Waals surface area (Å²) in [5.41, 5.74) is 16.0. The predicted octanol–water partition coefficient (Wildman–Crippen LogP) is 12.0. The van der Waals surface area contributed by atoms with Gasteiger partial charge in [0.1, 0.15) is 16.1 Å². The van der Waals surface area contributed by atoms with E-state index in [1.165, 1.54) is 11.1 Å². The zero-order valence-corrected chi connectivity index (χ0v) is 30.9. The smallest absolute Gasteiger partial charge is 0.125 e. The van der Waals surface area contributed by atoms with Gasteiger partial charge in [0.15, 0.2) is 0 Å². The molecule has 0 unspecified atom stereocenters. The van der Waals surface area contributed by atoms with Crippen LogP contribution in [0.1, 0.15) is 94.2 Å². The van der Waals surface area contributed by atoms with Crippen molar-refractivity contribution in [3.63, 3.8) is 0 Å². The van der Waals surface area contributed by atoms with Gasteiger partial charge in [-0.15, -0.1) is 11.1 Å². The van der Waals surface area contributed by atoms with Crippen molar-refractivity contribution in [2.75, 3.05) is 0 Å². The fraction of sp³-hybridized carbons (Fsp3) is 0.529. The lowest BCUT2D eigenvalue weighted by Crippen LogP contribution is -2.43. The Morgan fingerprint density at radius 2 is 0.737 bits per heavy atom. The van der Waals surface area contributed by atoms with Gasteiger partial charge in [-0.25, -0.2) is 0 Å². The molecule has 0 bridgehead atoms. The molecule has 0 atom stereocenters. The van der Waals surface area contributed by atoms with Gasteiger partial charge in [-0.05, 0) is 68.6 Å². The summed E-state index contributed by atoms with van der Waals surface area (Å²) in [6.45, 7) is 28.5. The summed E-state index contributed by atoms with van der Waals surface area (Å²) in [5, 5.41) is 0. The molecular formula is C34H48Br2Si2. The molecule has 206 valence electrons. The molecule has 0 nitrogen and oxygen atoms in total. The summed E-state index contributed by atoms with van der Waals surface area (Å²) in [4.78, 5) is 0. The summed E-state index contributed by atoms with van der Waals surface area (Å²) in [6.07, 6.45) is 0. The maximum atomic E-state index is 3.95. The molecule has 0 aliphatic heterocycles. The molecule has 0 aromatic heterocycles. The summed E-state index contributed by atoms with van der Waals surface area (Å²) in [6, 6.07) is 13.1. The van der Waals surface area contributed by atoms with Crippen molar-refractivity contribution in [1.82, 2.24) is 0 Å². The van der Waals surface area contributed by atoms with Crippen LogP contribution >= 0.6 is 31.9 Å². The van der Waals surface area contributed by atoms with E-state index in [1.807, 2.05) is 0 Å². The average Bonchev–Trinajstić information content (AvgIpc) is 2.79. The first-order chi connectivity index (χ1) is 17.6. The lowest BCUT2D eigenvalue weighted by Gasteiger charge is -2.38. The van der Waals surface area contributed by atoms with E-state index < -0.39 is 16.1 Å². The maximum absolute atomic E-state index is 3.95. The van der Waals surface area contributed by atoms with Gasteiger partial charge in [0.2, 0.25) is 0 Å². The highest BCUT2D eigenvalue weighted by Gasteiger charge is 2.42. The molecule has 0 N–H and O–H groups in total. The van der Waals surface area contributed by atoms with Gasteiger partial charge < -0.3 is 0 Å². The van der Waals surface area contributed by atoms with Crippen molar-refractivity contribution in [1.29, 1.82) is 0 Å². The molecule has 2 aromatic carbocycles. The van der Waals surface area contributed by atoms with Gasteiger partial charge in [-0.3, -0.25) is 0 Å². The molecule has 0 heterocycles. The number of hydrogen-bond acceptors (Lipinski definition) is 0. The minimum atomic E-state index is -1.86. The Balaban J connectivity index is 2.84. The quantitative estimate of drug-likeness (QED) is 0.203. The second-order valence-corrected chi connectivity index (χ2v) is 25.7. The van der Waals surface area contributed by atoms with Crippen molar-refractivity contribution < 1.29 is 0 Å². The van der Waals surface area contributed by atoms with Gasteiger partial charge in [0.25, 0.3) is 0 Å². The Labute approximate surface area is 253 Å². The van der Waals surface area contributed by atoms with Crippen molar-refractivity contribution >= 4 is 48.0 Å². The van der Waals surface area contributed by atoms with Crippen molar-refractivity contribution in [3.05, 3.63) is 56.5 Å². The van der Waals surface area contributed by atoms with Crippen LogP contribution in [0.5, 0.6) is 0 Å². The second kappa shape index (κ2) is 13.5. The third-order valence-electron chi connectivity index (χ3n) is 8.81. The number of halogens is 2. The monoisotopic (exact) mass is 670 g/mol. The standard InChI is InChI=1S/C34H48Br2Si2/c1-23(2)37(24(3)4,25(5)6)19-17-29-21-31(35)13-15-33(29)34-16-14-32(36)22-30(34)18-20-38(26(7)8,27(9)10)28(11)12/h13-16,21-28H,1-12H3. The van der Waals surface area contributed by atoms with Crippen molar-refractivity contribution in [2.24, 2.45) is 0 Å². The number of hydrogen-bond donors (Lipinski definition) is 0. The van der Waals surface area contributed by atoms with E-state index in [1.54, 1.807) is 0 Å². The van der Waals surface area contributed by atoms with Crippen LogP contribution in [-0.2, 0) is 0 Å². The van der Waals surface area contributed by atoms with Crippen LogP contribution in [0, 0.1) is 22.9 Å². The third kappa shape index (κ3) is 6.80. The van der Waals surface area contributed by atoms with Gasteiger partial charge in [0, 0.05) is 20.1 Å². The molecule has 4 heteroatoms. The normalized spacial score (nSPS) is 12.4. The Hall–Kier alpha value is -1.05. The summed E-state index contributed by atoms with van der Waals surface area (Å²) in [7, 11) is -3.72. The summed E-state index contributed by atoms with van der Waals surface area (Å²) in [5.74, 6) is 7.47. The molecule has 2 aromatic rings. The topological polar surface area (TPSA) is 0 Å². The molecule has 38 heavy (non-hydrogen) atoms. The van der Waals surface area contributed by atoms with Gasteiger partial charge in [-0.1, -0.05) is 139 Å². The molecule has 2 rings (SSSR count). The molecular weight excluding hydrogens is 624 g/mol. The van der Waals surface area contributed by atoms with Crippen LogP contribution in [0.2, 0.25) is 33.2 Å². The van der Waals surface area contributed by atoms with Crippen LogP contribution < -0.4 is 0 Å². The third-order valence-corrected chi connectivity index (χ3v) is 22.4. The van der Waals surface area contributed by atoms with Gasteiger partial charge >= 0.3 is 0 Å². The first-order valence-electron chi connectivity index (χ1n) is 14.3. The van der Waals surface area contributed by atoms with Crippen LogP contribution in [0.15, 0.2) is 45.3 Å². The highest BCUT2D eigenvalue weighted by atomic mass is 79.9. The Kier molecular flexibility index (Phi) is 11.8. The number of benzene rings is 2. The van der Waals surface area contributed by atoms with E-state index in [4.69, 9.17) is 0 Å². The minimum absolute atomic E-state index is 0.598. The lowest BCUT2D eigenvalue weighted by molar-refractivity contribution is 0.838.